The predicted octanol–water partition coefficient (Wildman–Crippen LogP) is 0.458. The van der Waals surface area contributed by atoms with E-state index in [9.17, 15) is 5.11 Å². The first-order valence-corrected chi connectivity index (χ1v) is 6.95. The highest BCUT2D eigenvalue weighted by Gasteiger charge is 2.29. The third-order valence-electron chi connectivity index (χ3n) is 4.31. The monoisotopic (exact) mass is 242 g/mol. The summed E-state index contributed by atoms with van der Waals surface area (Å²) >= 11 is 0. The first kappa shape index (κ1) is 13.3. The molecule has 4 nitrogen and oxygen atoms in total. The van der Waals surface area contributed by atoms with Gasteiger partial charge in [-0.3, -0.25) is 4.90 Å². The van der Waals surface area contributed by atoms with E-state index >= 15 is 0 Å². The maximum absolute atomic E-state index is 9.38. The number of ether oxygens (including phenoxy) is 1. The number of aliphatic hydroxyl groups is 1. The van der Waals surface area contributed by atoms with Crippen molar-refractivity contribution in [1.82, 2.24) is 10.2 Å². The van der Waals surface area contributed by atoms with E-state index in [0.717, 1.165) is 25.6 Å². The lowest BCUT2D eigenvalue weighted by molar-refractivity contribution is -0.0373. The Hall–Kier alpha value is -0.160. The van der Waals surface area contributed by atoms with Crippen molar-refractivity contribution in [3.63, 3.8) is 0 Å². The first-order valence-electron chi connectivity index (χ1n) is 6.95. The zero-order chi connectivity index (χ0) is 12.1. The number of hydrogen-bond donors (Lipinski definition) is 2. The zero-order valence-corrected chi connectivity index (χ0v) is 10.9. The van der Waals surface area contributed by atoms with Gasteiger partial charge in [-0.15, -0.1) is 0 Å². The second-order valence-electron chi connectivity index (χ2n) is 5.35. The molecule has 0 aromatic heterocycles. The SMILES string of the molecule is CNC1CCCCC1CN1CCOCC1CO. The second-order valence-corrected chi connectivity index (χ2v) is 5.35. The van der Waals surface area contributed by atoms with Gasteiger partial charge in [-0.1, -0.05) is 12.8 Å². The number of rotatable bonds is 4. The lowest BCUT2D eigenvalue weighted by Gasteiger charge is -2.40. The number of aliphatic hydroxyl groups excluding tert-OH is 1. The third kappa shape index (κ3) is 3.41. The minimum Gasteiger partial charge on any atom is -0.395 e. The van der Waals surface area contributed by atoms with Gasteiger partial charge in [0, 0.05) is 19.1 Å². The summed E-state index contributed by atoms with van der Waals surface area (Å²) in [5, 5.41) is 12.8. The van der Waals surface area contributed by atoms with E-state index in [4.69, 9.17) is 4.74 Å². The molecule has 1 saturated carbocycles. The molecule has 2 aliphatic rings. The lowest BCUT2D eigenvalue weighted by Crippen LogP contribution is -2.52. The molecule has 3 unspecified atom stereocenters. The average Bonchev–Trinajstić information content (AvgIpc) is 2.40. The van der Waals surface area contributed by atoms with Gasteiger partial charge in [0.25, 0.3) is 0 Å². The molecule has 0 amide bonds. The molecule has 100 valence electrons. The molecule has 1 aliphatic carbocycles. The molecule has 0 spiro atoms. The fourth-order valence-electron chi connectivity index (χ4n) is 3.21. The number of morpholine rings is 1. The van der Waals surface area contributed by atoms with Crippen LogP contribution in [0.1, 0.15) is 25.7 Å². The molecule has 4 heteroatoms. The average molecular weight is 242 g/mol. The lowest BCUT2D eigenvalue weighted by atomic mass is 9.84. The number of hydrogen-bond acceptors (Lipinski definition) is 4. The van der Waals surface area contributed by atoms with Gasteiger partial charge in [-0.25, -0.2) is 0 Å². The number of nitrogens with zero attached hydrogens (tertiary/aromatic N) is 1. The molecule has 2 N–H and O–H groups in total. The van der Waals surface area contributed by atoms with E-state index < -0.39 is 0 Å². The van der Waals surface area contributed by atoms with Crippen LogP contribution in [0, 0.1) is 5.92 Å². The first-order chi connectivity index (χ1) is 8.35. The highest BCUT2D eigenvalue weighted by atomic mass is 16.5. The third-order valence-corrected chi connectivity index (χ3v) is 4.31. The van der Waals surface area contributed by atoms with E-state index in [1.54, 1.807) is 0 Å². The Morgan fingerprint density at radius 1 is 1.35 bits per heavy atom. The topological polar surface area (TPSA) is 44.7 Å². The molecule has 2 fully saturated rings. The molecular formula is C13H26N2O2. The van der Waals surface area contributed by atoms with Crippen LogP contribution in [0.25, 0.3) is 0 Å². The van der Waals surface area contributed by atoms with Crippen molar-refractivity contribution < 1.29 is 9.84 Å². The van der Waals surface area contributed by atoms with Crippen LogP contribution in [0.4, 0.5) is 0 Å². The largest absolute Gasteiger partial charge is 0.395 e. The van der Waals surface area contributed by atoms with Crippen molar-refractivity contribution in [1.29, 1.82) is 0 Å². The minimum atomic E-state index is 0.211. The molecular weight excluding hydrogens is 216 g/mol. The van der Waals surface area contributed by atoms with Crippen LogP contribution in [0.2, 0.25) is 0 Å². The Morgan fingerprint density at radius 3 is 2.94 bits per heavy atom. The highest BCUT2D eigenvalue weighted by molar-refractivity contribution is 4.85. The number of nitrogens with one attached hydrogen (secondary N) is 1. The van der Waals surface area contributed by atoms with Gasteiger partial charge in [0.1, 0.15) is 0 Å². The molecule has 1 aliphatic heterocycles. The van der Waals surface area contributed by atoms with E-state index in [1.807, 2.05) is 0 Å². The quantitative estimate of drug-likeness (QED) is 0.752. The summed E-state index contributed by atoms with van der Waals surface area (Å²) in [7, 11) is 2.08. The van der Waals surface area contributed by atoms with Crippen LogP contribution in [-0.4, -0.2) is 62.0 Å². The predicted molar refractivity (Wildman–Crippen MR) is 68.1 cm³/mol. The summed E-state index contributed by atoms with van der Waals surface area (Å²) in [4.78, 5) is 2.42. The van der Waals surface area contributed by atoms with E-state index in [-0.39, 0.29) is 12.6 Å². The molecule has 0 radical (unpaired) electrons. The summed E-state index contributed by atoms with van der Waals surface area (Å²) < 4.78 is 5.43. The minimum absolute atomic E-state index is 0.211. The van der Waals surface area contributed by atoms with Gasteiger partial charge in [-0.2, -0.15) is 0 Å². The van der Waals surface area contributed by atoms with E-state index in [2.05, 4.69) is 17.3 Å². The van der Waals surface area contributed by atoms with E-state index in [1.165, 1.54) is 25.7 Å². The van der Waals surface area contributed by atoms with Crippen molar-refractivity contribution >= 4 is 0 Å². The summed E-state index contributed by atoms with van der Waals surface area (Å²) in [6, 6.07) is 0.870. The Balaban J connectivity index is 1.88. The van der Waals surface area contributed by atoms with Crippen LogP contribution in [0.3, 0.4) is 0 Å². The molecule has 2 rings (SSSR count). The molecule has 0 bridgehead atoms. The molecule has 0 aromatic carbocycles. The van der Waals surface area contributed by atoms with E-state index in [0.29, 0.717) is 12.6 Å². The van der Waals surface area contributed by atoms with Gasteiger partial charge in [0.15, 0.2) is 0 Å². The summed E-state index contributed by atoms with van der Waals surface area (Å²) in [6.07, 6.45) is 5.34. The molecule has 1 saturated heterocycles. The summed E-state index contributed by atoms with van der Waals surface area (Å²) in [6.45, 7) is 3.80. The van der Waals surface area contributed by atoms with Crippen LogP contribution in [0.15, 0.2) is 0 Å². The van der Waals surface area contributed by atoms with Crippen molar-refractivity contribution in [2.24, 2.45) is 5.92 Å². The van der Waals surface area contributed by atoms with Crippen LogP contribution in [-0.2, 0) is 4.74 Å². The molecule has 1 heterocycles. The second kappa shape index (κ2) is 6.69. The normalized spacial score (nSPS) is 36.0. The summed E-state index contributed by atoms with van der Waals surface area (Å²) in [5.41, 5.74) is 0. The Labute approximate surface area is 104 Å². The standard InChI is InChI=1S/C13H26N2O2/c1-14-13-5-3-2-4-11(13)8-15-6-7-17-10-12(15)9-16/h11-14,16H,2-10H2,1H3. The van der Waals surface area contributed by atoms with Crippen LogP contribution >= 0.6 is 0 Å². The fraction of sp³-hybridized carbons (Fsp3) is 1.00. The summed E-state index contributed by atoms with van der Waals surface area (Å²) in [5.74, 6) is 0.737. The maximum Gasteiger partial charge on any atom is 0.0644 e. The molecule has 0 aromatic rings. The Kier molecular flexibility index (Phi) is 5.22. The maximum atomic E-state index is 9.38. The molecule has 3 atom stereocenters. The van der Waals surface area contributed by atoms with Crippen LogP contribution in [0.5, 0.6) is 0 Å². The van der Waals surface area contributed by atoms with Gasteiger partial charge >= 0.3 is 0 Å². The van der Waals surface area contributed by atoms with Crippen molar-refractivity contribution in [2.45, 2.75) is 37.8 Å². The van der Waals surface area contributed by atoms with Crippen molar-refractivity contribution in [3.8, 4) is 0 Å². The van der Waals surface area contributed by atoms with Gasteiger partial charge < -0.3 is 15.2 Å². The Morgan fingerprint density at radius 2 is 2.18 bits per heavy atom. The highest BCUT2D eigenvalue weighted by Crippen LogP contribution is 2.26. The van der Waals surface area contributed by atoms with Gasteiger partial charge in [-0.05, 0) is 25.8 Å². The zero-order valence-electron chi connectivity index (χ0n) is 10.9. The van der Waals surface area contributed by atoms with Gasteiger partial charge in [0.05, 0.1) is 25.9 Å². The van der Waals surface area contributed by atoms with Crippen molar-refractivity contribution in [2.75, 3.05) is 40.0 Å². The van der Waals surface area contributed by atoms with Crippen LogP contribution < -0.4 is 5.32 Å². The van der Waals surface area contributed by atoms with Gasteiger partial charge in [0.2, 0.25) is 0 Å². The fourth-order valence-corrected chi connectivity index (χ4v) is 3.21. The van der Waals surface area contributed by atoms with Crippen molar-refractivity contribution in [3.05, 3.63) is 0 Å². The Bertz CT molecular complexity index is 203. The molecule has 17 heavy (non-hydrogen) atoms. The smallest absolute Gasteiger partial charge is 0.0644 e.